The average Bonchev–Trinajstić information content (AvgIpc) is 2.15. The Morgan fingerprint density at radius 3 is 2.23 bits per heavy atom. The van der Waals surface area contributed by atoms with Crippen molar-refractivity contribution in [3.8, 4) is 0 Å². The van der Waals surface area contributed by atoms with Crippen molar-refractivity contribution >= 4 is 5.69 Å². The molecule has 0 aliphatic heterocycles. The monoisotopic (exact) mass is 178 g/mol. The molecule has 0 fully saturated rings. The van der Waals surface area contributed by atoms with Gasteiger partial charge in [0.05, 0.1) is 0 Å². The quantitative estimate of drug-likeness (QED) is 0.757. The van der Waals surface area contributed by atoms with Crippen LogP contribution in [0.3, 0.4) is 0 Å². The summed E-state index contributed by atoms with van der Waals surface area (Å²) in [5.41, 5.74) is 2.59. The highest BCUT2D eigenvalue weighted by atomic mass is 15.1. The van der Waals surface area contributed by atoms with E-state index in [2.05, 4.69) is 55.5 Å². The highest BCUT2D eigenvalue weighted by molar-refractivity contribution is 5.45. The van der Waals surface area contributed by atoms with E-state index >= 15 is 0 Å². The van der Waals surface area contributed by atoms with Crippen molar-refractivity contribution in [3.63, 3.8) is 0 Å². The lowest BCUT2D eigenvalue weighted by atomic mass is 10.2. The fourth-order valence-electron chi connectivity index (χ4n) is 1.18. The van der Waals surface area contributed by atoms with E-state index in [0.717, 1.165) is 13.1 Å². The number of hydrogen-bond donors (Lipinski definition) is 1. The third-order valence-electron chi connectivity index (χ3n) is 2.03. The largest absolute Gasteiger partial charge is 0.378 e. The van der Waals surface area contributed by atoms with E-state index in [0.29, 0.717) is 0 Å². The van der Waals surface area contributed by atoms with Gasteiger partial charge in [-0.25, -0.2) is 0 Å². The topological polar surface area (TPSA) is 15.3 Å². The lowest BCUT2D eigenvalue weighted by Crippen LogP contribution is -2.12. The summed E-state index contributed by atoms with van der Waals surface area (Å²) in [6.45, 7) is 4.10. The molecule has 13 heavy (non-hydrogen) atoms. The standard InChI is InChI=1S/C11H18N2/c1-4-12-9-10-5-7-11(8-6-10)13(2)3/h5-8,12H,4,9H2,1-3H3. The van der Waals surface area contributed by atoms with Gasteiger partial charge in [0, 0.05) is 26.3 Å². The highest BCUT2D eigenvalue weighted by Crippen LogP contribution is 2.11. The molecule has 0 heterocycles. The molecule has 1 aromatic rings. The van der Waals surface area contributed by atoms with E-state index in [9.17, 15) is 0 Å². The van der Waals surface area contributed by atoms with Crippen molar-refractivity contribution in [2.45, 2.75) is 13.5 Å². The van der Waals surface area contributed by atoms with Crippen molar-refractivity contribution in [1.82, 2.24) is 5.32 Å². The third-order valence-corrected chi connectivity index (χ3v) is 2.03. The Morgan fingerprint density at radius 1 is 1.15 bits per heavy atom. The maximum Gasteiger partial charge on any atom is 0.0361 e. The minimum atomic E-state index is 0.963. The lowest BCUT2D eigenvalue weighted by molar-refractivity contribution is 0.727. The Balaban J connectivity index is 2.59. The molecular formula is C11H18N2. The Kier molecular flexibility index (Phi) is 3.77. The van der Waals surface area contributed by atoms with Crippen LogP contribution in [0, 0.1) is 0 Å². The molecular weight excluding hydrogens is 160 g/mol. The molecule has 1 rings (SSSR count). The van der Waals surface area contributed by atoms with Crippen LogP contribution < -0.4 is 10.2 Å². The van der Waals surface area contributed by atoms with E-state index in [-0.39, 0.29) is 0 Å². The third kappa shape index (κ3) is 3.07. The van der Waals surface area contributed by atoms with Gasteiger partial charge in [-0.05, 0) is 24.2 Å². The molecule has 72 valence electrons. The summed E-state index contributed by atoms with van der Waals surface area (Å²) in [5.74, 6) is 0. The summed E-state index contributed by atoms with van der Waals surface area (Å²) in [4.78, 5) is 2.11. The summed E-state index contributed by atoms with van der Waals surface area (Å²) in [6, 6.07) is 8.62. The van der Waals surface area contributed by atoms with Crippen molar-refractivity contribution in [1.29, 1.82) is 0 Å². The zero-order chi connectivity index (χ0) is 9.68. The number of nitrogens with one attached hydrogen (secondary N) is 1. The maximum absolute atomic E-state index is 3.30. The Morgan fingerprint density at radius 2 is 1.77 bits per heavy atom. The first-order chi connectivity index (χ1) is 6.24. The molecule has 0 aliphatic carbocycles. The average molecular weight is 178 g/mol. The normalized spacial score (nSPS) is 10.1. The van der Waals surface area contributed by atoms with Crippen molar-refractivity contribution in [2.75, 3.05) is 25.5 Å². The van der Waals surface area contributed by atoms with Gasteiger partial charge in [0.2, 0.25) is 0 Å². The van der Waals surface area contributed by atoms with Gasteiger partial charge in [-0.2, -0.15) is 0 Å². The number of hydrogen-bond acceptors (Lipinski definition) is 2. The van der Waals surface area contributed by atoms with Gasteiger partial charge in [-0.15, -0.1) is 0 Å². The summed E-state index contributed by atoms with van der Waals surface area (Å²) < 4.78 is 0. The molecule has 0 saturated carbocycles. The first-order valence-corrected chi connectivity index (χ1v) is 4.71. The number of rotatable bonds is 4. The molecule has 0 aromatic heterocycles. The second-order valence-electron chi connectivity index (χ2n) is 3.34. The smallest absolute Gasteiger partial charge is 0.0361 e. The molecule has 2 heteroatoms. The van der Waals surface area contributed by atoms with Crippen LogP contribution in [0.25, 0.3) is 0 Å². The molecule has 0 bridgehead atoms. The van der Waals surface area contributed by atoms with Crippen LogP contribution in [-0.2, 0) is 6.54 Å². The first-order valence-electron chi connectivity index (χ1n) is 4.71. The first kappa shape index (κ1) is 10.1. The number of nitrogens with zero attached hydrogens (tertiary/aromatic N) is 1. The van der Waals surface area contributed by atoms with Crippen LogP contribution >= 0.6 is 0 Å². The fraction of sp³-hybridized carbons (Fsp3) is 0.455. The van der Waals surface area contributed by atoms with Crippen LogP contribution in [-0.4, -0.2) is 20.6 Å². The van der Waals surface area contributed by atoms with E-state index in [4.69, 9.17) is 0 Å². The van der Waals surface area contributed by atoms with E-state index in [1.54, 1.807) is 0 Å². The zero-order valence-electron chi connectivity index (χ0n) is 8.67. The molecule has 0 atom stereocenters. The van der Waals surface area contributed by atoms with Crippen LogP contribution in [0.5, 0.6) is 0 Å². The molecule has 0 unspecified atom stereocenters. The molecule has 0 aliphatic rings. The van der Waals surface area contributed by atoms with Gasteiger partial charge in [0.25, 0.3) is 0 Å². The van der Waals surface area contributed by atoms with Crippen molar-refractivity contribution in [3.05, 3.63) is 29.8 Å². The second-order valence-corrected chi connectivity index (χ2v) is 3.34. The number of benzene rings is 1. The number of anilines is 1. The maximum atomic E-state index is 3.30. The Hall–Kier alpha value is -1.02. The molecule has 1 aromatic carbocycles. The fourth-order valence-corrected chi connectivity index (χ4v) is 1.18. The van der Waals surface area contributed by atoms with Crippen LogP contribution in [0.15, 0.2) is 24.3 Å². The molecule has 0 amide bonds. The SMILES string of the molecule is CCNCc1ccc(N(C)C)cc1. The predicted octanol–water partition coefficient (Wildman–Crippen LogP) is 1.86. The summed E-state index contributed by atoms with van der Waals surface area (Å²) in [7, 11) is 4.11. The van der Waals surface area contributed by atoms with Crippen molar-refractivity contribution < 1.29 is 0 Å². The van der Waals surface area contributed by atoms with Gasteiger partial charge in [-0.3, -0.25) is 0 Å². The molecule has 2 nitrogen and oxygen atoms in total. The Labute approximate surface area is 80.6 Å². The highest BCUT2D eigenvalue weighted by Gasteiger charge is 1.94. The van der Waals surface area contributed by atoms with E-state index in [1.165, 1.54) is 11.3 Å². The summed E-state index contributed by atoms with van der Waals surface area (Å²) in [5, 5.41) is 3.30. The van der Waals surface area contributed by atoms with Gasteiger partial charge in [0.1, 0.15) is 0 Å². The summed E-state index contributed by atoms with van der Waals surface area (Å²) >= 11 is 0. The van der Waals surface area contributed by atoms with Gasteiger partial charge in [-0.1, -0.05) is 19.1 Å². The minimum Gasteiger partial charge on any atom is -0.378 e. The van der Waals surface area contributed by atoms with E-state index < -0.39 is 0 Å². The Bertz CT molecular complexity index is 239. The molecule has 0 saturated heterocycles. The lowest BCUT2D eigenvalue weighted by Gasteiger charge is -2.12. The van der Waals surface area contributed by atoms with Crippen LogP contribution in [0.1, 0.15) is 12.5 Å². The summed E-state index contributed by atoms with van der Waals surface area (Å²) in [6.07, 6.45) is 0. The van der Waals surface area contributed by atoms with Crippen LogP contribution in [0.4, 0.5) is 5.69 Å². The van der Waals surface area contributed by atoms with E-state index in [1.807, 2.05) is 0 Å². The molecule has 0 radical (unpaired) electrons. The minimum absolute atomic E-state index is 0.963. The second kappa shape index (κ2) is 4.87. The molecule has 0 spiro atoms. The van der Waals surface area contributed by atoms with Gasteiger partial charge in [0.15, 0.2) is 0 Å². The molecule has 1 N–H and O–H groups in total. The van der Waals surface area contributed by atoms with Crippen LogP contribution in [0.2, 0.25) is 0 Å². The zero-order valence-corrected chi connectivity index (χ0v) is 8.67. The van der Waals surface area contributed by atoms with Gasteiger partial charge >= 0.3 is 0 Å². The van der Waals surface area contributed by atoms with Crippen molar-refractivity contribution in [2.24, 2.45) is 0 Å². The predicted molar refractivity (Wildman–Crippen MR) is 58.1 cm³/mol. The van der Waals surface area contributed by atoms with Gasteiger partial charge < -0.3 is 10.2 Å².